The third kappa shape index (κ3) is 2.37. The molecule has 0 bridgehead atoms. The van der Waals surface area contributed by atoms with Crippen LogP contribution >= 0.6 is 0 Å². The number of pyridine rings is 1. The summed E-state index contributed by atoms with van der Waals surface area (Å²) in [5, 5.41) is 0. The van der Waals surface area contributed by atoms with Crippen LogP contribution < -0.4 is 11.3 Å². The quantitative estimate of drug-likeness (QED) is 0.601. The molecule has 0 aromatic carbocycles. The monoisotopic (exact) mass is 223 g/mol. The molecule has 86 valence electrons. The second-order valence-corrected chi connectivity index (χ2v) is 3.60. The Bertz CT molecular complexity index is 377. The van der Waals surface area contributed by atoms with Gasteiger partial charge in [-0.2, -0.15) is 0 Å². The predicted octanol–water partition coefficient (Wildman–Crippen LogP) is 1.42. The lowest BCUT2D eigenvalue weighted by atomic mass is 10.1. The van der Waals surface area contributed by atoms with Gasteiger partial charge in [0.05, 0.1) is 18.5 Å². The predicted molar refractivity (Wildman–Crippen MR) is 57.5 cm³/mol. The van der Waals surface area contributed by atoms with E-state index in [1.54, 1.807) is 6.07 Å². The van der Waals surface area contributed by atoms with Crippen molar-refractivity contribution in [2.45, 2.75) is 18.9 Å². The lowest BCUT2D eigenvalue weighted by molar-refractivity contribution is 0.167. The molecular formula is C11H14FN3O. The second kappa shape index (κ2) is 5.05. The van der Waals surface area contributed by atoms with E-state index >= 15 is 0 Å². The van der Waals surface area contributed by atoms with Gasteiger partial charge < -0.3 is 4.74 Å². The van der Waals surface area contributed by atoms with Crippen LogP contribution in [0, 0.1) is 5.82 Å². The number of allylic oxidation sites excluding steroid dienone is 1. The van der Waals surface area contributed by atoms with E-state index in [0.717, 1.165) is 18.6 Å². The summed E-state index contributed by atoms with van der Waals surface area (Å²) in [6.45, 7) is 0.686. The van der Waals surface area contributed by atoms with Gasteiger partial charge in [-0.25, -0.2) is 9.82 Å². The van der Waals surface area contributed by atoms with Gasteiger partial charge in [0.25, 0.3) is 0 Å². The molecule has 1 unspecified atom stereocenters. The van der Waals surface area contributed by atoms with Crippen LogP contribution in [0.2, 0.25) is 0 Å². The van der Waals surface area contributed by atoms with Crippen LogP contribution in [0.5, 0.6) is 0 Å². The van der Waals surface area contributed by atoms with Crippen molar-refractivity contribution in [2.75, 3.05) is 6.61 Å². The minimum Gasteiger partial charge on any atom is -0.496 e. The molecule has 1 aromatic heterocycles. The summed E-state index contributed by atoms with van der Waals surface area (Å²) in [4.78, 5) is 3.99. The molecule has 0 spiro atoms. The van der Waals surface area contributed by atoms with E-state index in [2.05, 4.69) is 10.4 Å². The summed E-state index contributed by atoms with van der Waals surface area (Å²) in [6.07, 6.45) is 5.13. The minimum atomic E-state index is -0.363. The van der Waals surface area contributed by atoms with Gasteiger partial charge >= 0.3 is 0 Å². The van der Waals surface area contributed by atoms with Gasteiger partial charge in [0.2, 0.25) is 0 Å². The molecule has 1 aliphatic heterocycles. The highest BCUT2D eigenvalue weighted by molar-refractivity contribution is 5.19. The Balaban J connectivity index is 2.21. The van der Waals surface area contributed by atoms with Gasteiger partial charge in [-0.05, 0) is 31.1 Å². The zero-order chi connectivity index (χ0) is 11.4. The summed E-state index contributed by atoms with van der Waals surface area (Å²) in [5.74, 6) is 5.86. The van der Waals surface area contributed by atoms with Gasteiger partial charge in [0.1, 0.15) is 17.6 Å². The van der Waals surface area contributed by atoms with Crippen molar-refractivity contribution in [3.63, 3.8) is 0 Å². The Morgan fingerprint density at radius 2 is 2.38 bits per heavy atom. The number of aromatic nitrogens is 1. The number of nitrogens with one attached hydrogen (secondary N) is 1. The number of hydrogen-bond donors (Lipinski definition) is 2. The van der Waals surface area contributed by atoms with Gasteiger partial charge in [-0.1, -0.05) is 0 Å². The fourth-order valence-electron chi connectivity index (χ4n) is 1.65. The van der Waals surface area contributed by atoms with Crippen molar-refractivity contribution < 1.29 is 9.13 Å². The van der Waals surface area contributed by atoms with E-state index in [1.807, 2.05) is 6.08 Å². The Hall–Kier alpha value is -1.46. The van der Waals surface area contributed by atoms with Crippen molar-refractivity contribution in [3.05, 3.63) is 41.7 Å². The van der Waals surface area contributed by atoms with E-state index in [0.29, 0.717) is 12.3 Å². The normalized spacial score (nSPS) is 17.5. The Kier molecular flexibility index (Phi) is 3.48. The third-order valence-corrected chi connectivity index (χ3v) is 2.46. The number of hydrazine groups is 1. The van der Waals surface area contributed by atoms with Crippen molar-refractivity contribution in [1.82, 2.24) is 10.4 Å². The van der Waals surface area contributed by atoms with Crippen LogP contribution in [-0.2, 0) is 4.74 Å². The molecule has 0 saturated carbocycles. The first-order chi connectivity index (χ1) is 7.81. The standard InChI is InChI=1S/C11H14FN3O/c12-8-4-5-9(14-7-8)11(15-13)10-3-1-2-6-16-10/h3-5,7,11,15H,1-2,6,13H2. The Morgan fingerprint density at radius 1 is 1.50 bits per heavy atom. The number of rotatable bonds is 3. The Labute approximate surface area is 93.3 Å². The fraction of sp³-hybridized carbons (Fsp3) is 0.364. The van der Waals surface area contributed by atoms with E-state index in [4.69, 9.17) is 10.6 Å². The Morgan fingerprint density at radius 3 is 2.94 bits per heavy atom. The second-order valence-electron chi connectivity index (χ2n) is 3.60. The number of hydrogen-bond acceptors (Lipinski definition) is 4. The van der Waals surface area contributed by atoms with E-state index in [1.165, 1.54) is 12.3 Å². The zero-order valence-electron chi connectivity index (χ0n) is 8.82. The summed E-state index contributed by atoms with van der Waals surface area (Å²) in [7, 11) is 0. The van der Waals surface area contributed by atoms with E-state index < -0.39 is 0 Å². The highest BCUT2D eigenvalue weighted by Gasteiger charge is 2.19. The minimum absolute atomic E-state index is 0.305. The lowest BCUT2D eigenvalue weighted by Gasteiger charge is -2.22. The number of halogens is 1. The van der Waals surface area contributed by atoms with Crippen LogP contribution in [0.1, 0.15) is 24.6 Å². The first-order valence-electron chi connectivity index (χ1n) is 5.21. The zero-order valence-corrected chi connectivity index (χ0v) is 8.82. The molecule has 2 rings (SSSR count). The van der Waals surface area contributed by atoms with Crippen LogP contribution in [-0.4, -0.2) is 11.6 Å². The fourth-order valence-corrected chi connectivity index (χ4v) is 1.65. The smallest absolute Gasteiger partial charge is 0.141 e. The molecule has 3 N–H and O–H groups in total. The van der Waals surface area contributed by atoms with Crippen LogP contribution in [0.15, 0.2) is 30.2 Å². The van der Waals surface area contributed by atoms with Crippen molar-refractivity contribution in [2.24, 2.45) is 5.84 Å². The van der Waals surface area contributed by atoms with Gasteiger partial charge in [0.15, 0.2) is 0 Å². The average Bonchev–Trinajstić information content (AvgIpc) is 2.34. The van der Waals surface area contributed by atoms with Gasteiger partial charge in [0, 0.05) is 0 Å². The molecule has 1 aliphatic rings. The molecule has 0 fully saturated rings. The third-order valence-electron chi connectivity index (χ3n) is 2.46. The van der Waals surface area contributed by atoms with Gasteiger partial charge in [-0.15, -0.1) is 0 Å². The summed E-state index contributed by atoms with van der Waals surface area (Å²) < 4.78 is 18.2. The summed E-state index contributed by atoms with van der Waals surface area (Å²) in [6, 6.07) is 2.65. The summed E-state index contributed by atoms with van der Waals surface area (Å²) in [5.41, 5.74) is 3.28. The first-order valence-corrected chi connectivity index (χ1v) is 5.21. The molecular weight excluding hydrogens is 209 g/mol. The van der Waals surface area contributed by atoms with Crippen molar-refractivity contribution in [3.8, 4) is 0 Å². The number of nitrogens with two attached hydrogens (primary N) is 1. The van der Waals surface area contributed by atoms with Crippen LogP contribution in [0.4, 0.5) is 4.39 Å². The van der Waals surface area contributed by atoms with Crippen LogP contribution in [0.3, 0.4) is 0 Å². The van der Waals surface area contributed by atoms with E-state index in [9.17, 15) is 4.39 Å². The maximum Gasteiger partial charge on any atom is 0.141 e. The molecule has 0 saturated heterocycles. The lowest BCUT2D eigenvalue weighted by Crippen LogP contribution is -2.31. The SMILES string of the molecule is NNC(C1=CCCCO1)c1ccc(F)cn1. The maximum atomic E-state index is 12.7. The topological polar surface area (TPSA) is 60.2 Å². The first kappa shape index (κ1) is 11.0. The molecule has 0 amide bonds. The summed E-state index contributed by atoms with van der Waals surface area (Å²) >= 11 is 0. The number of ether oxygens (including phenoxy) is 1. The van der Waals surface area contributed by atoms with Crippen LogP contribution in [0.25, 0.3) is 0 Å². The van der Waals surface area contributed by atoms with E-state index in [-0.39, 0.29) is 11.9 Å². The highest BCUT2D eigenvalue weighted by Crippen LogP contribution is 2.23. The molecule has 2 heterocycles. The molecule has 4 nitrogen and oxygen atoms in total. The van der Waals surface area contributed by atoms with Crippen molar-refractivity contribution in [1.29, 1.82) is 0 Å². The number of nitrogens with zero attached hydrogens (tertiary/aromatic N) is 1. The molecule has 1 aromatic rings. The van der Waals surface area contributed by atoms with Gasteiger partial charge in [-0.3, -0.25) is 10.8 Å². The largest absolute Gasteiger partial charge is 0.496 e. The van der Waals surface area contributed by atoms with Crippen molar-refractivity contribution >= 4 is 0 Å². The highest BCUT2D eigenvalue weighted by atomic mass is 19.1. The average molecular weight is 223 g/mol. The molecule has 0 radical (unpaired) electrons. The molecule has 0 aliphatic carbocycles. The maximum absolute atomic E-state index is 12.7. The molecule has 16 heavy (non-hydrogen) atoms. The molecule has 1 atom stereocenters. The molecule has 5 heteroatoms.